The van der Waals surface area contributed by atoms with E-state index in [0.717, 1.165) is 38.5 Å². The molecule has 8 aliphatic carbocycles. The highest BCUT2D eigenvalue weighted by Gasteiger charge is 2.60. The van der Waals surface area contributed by atoms with E-state index in [1.165, 1.54) is 0 Å². The van der Waals surface area contributed by atoms with Crippen LogP contribution in [0, 0.1) is 51.8 Å². The van der Waals surface area contributed by atoms with Crippen molar-refractivity contribution in [3.8, 4) is 0 Å². The second-order valence-electron chi connectivity index (χ2n) is 20.2. The van der Waals surface area contributed by atoms with E-state index < -0.39 is 102 Å². The van der Waals surface area contributed by atoms with Gasteiger partial charge in [-0.25, -0.2) is 14.4 Å². The molecule has 0 spiro atoms. The van der Waals surface area contributed by atoms with Gasteiger partial charge in [0.2, 0.25) is 0 Å². The van der Waals surface area contributed by atoms with Crippen LogP contribution >= 0.6 is 0 Å². The Kier molecular flexibility index (Phi) is 14.7. The van der Waals surface area contributed by atoms with Gasteiger partial charge in [-0.1, -0.05) is 13.8 Å². The number of halogens is 6. The molecule has 0 aliphatic heterocycles. The number of alkyl halides is 6. The molecule has 0 aromatic heterocycles. The minimum Gasteiger partial charge on any atom is -0.462 e. The molecular weight excluding hydrogens is 834 g/mol. The molecule has 8 rings (SSSR count). The molecule has 12 nitrogen and oxygen atoms in total. The fourth-order valence-electron chi connectivity index (χ4n) is 10.9. The number of ether oxygens (including phenoxy) is 6. The van der Waals surface area contributed by atoms with Crippen molar-refractivity contribution in [3.05, 3.63) is 0 Å². The Morgan fingerprint density at radius 3 is 1.21 bits per heavy atom. The van der Waals surface area contributed by atoms with Crippen LogP contribution in [0.2, 0.25) is 0 Å². The Morgan fingerprint density at radius 1 is 0.500 bits per heavy atom. The highest BCUT2D eigenvalue weighted by atomic mass is 19.3. The first-order chi connectivity index (χ1) is 28.7. The normalized spacial score (nSPS) is 29.8. The summed E-state index contributed by atoms with van der Waals surface area (Å²) in [4.78, 5) is 71.8. The predicted octanol–water partition coefficient (Wildman–Crippen LogP) is 8.54. The summed E-state index contributed by atoms with van der Waals surface area (Å²) in [6.07, 6.45) is 3.43. The third-order valence-electron chi connectivity index (χ3n) is 14.2. The van der Waals surface area contributed by atoms with Crippen molar-refractivity contribution in [1.29, 1.82) is 0 Å². The molecule has 8 aliphatic rings. The molecule has 0 radical (unpaired) electrons. The van der Waals surface area contributed by atoms with Gasteiger partial charge in [0.05, 0.1) is 16.2 Å². The van der Waals surface area contributed by atoms with Crippen molar-refractivity contribution in [1.82, 2.24) is 0 Å². The van der Waals surface area contributed by atoms with E-state index in [4.69, 9.17) is 14.2 Å². The fourth-order valence-corrected chi connectivity index (χ4v) is 10.9. The van der Waals surface area contributed by atoms with Crippen molar-refractivity contribution < 1.29 is 83.5 Å². The summed E-state index contributed by atoms with van der Waals surface area (Å²) in [5.41, 5.74) is -3.41. The van der Waals surface area contributed by atoms with Crippen LogP contribution in [0.5, 0.6) is 0 Å². The highest BCUT2D eigenvalue weighted by molar-refractivity contribution is 6.01. The van der Waals surface area contributed by atoms with Crippen molar-refractivity contribution in [2.24, 2.45) is 51.8 Å². The number of hydrogen-bond donors (Lipinski definition) is 0. The van der Waals surface area contributed by atoms with Crippen LogP contribution < -0.4 is 0 Å². The molecule has 0 saturated heterocycles. The van der Waals surface area contributed by atoms with Gasteiger partial charge in [-0.3, -0.25) is 14.4 Å². The van der Waals surface area contributed by atoms with E-state index in [-0.39, 0.29) is 24.4 Å². The fraction of sp³-hybridized carbons (Fsp3) is 0.864. The lowest BCUT2D eigenvalue weighted by Crippen LogP contribution is -2.55. The van der Waals surface area contributed by atoms with Crippen LogP contribution in [0.4, 0.5) is 26.3 Å². The smallest absolute Gasteiger partial charge is 0.437 e. The molecule has 0 amide bonds. The average Bonchev–Trinajstić information content (AvgIpc) is 3.16. The van der Waals surface area contributed by atoms with Crippen molar-refractivity contribution in [2.75, 3.05) is 26.4 Å². The van der Waals surface area contributed by atoms with E-state index in [2.05, 4.69) is 14.2 Å². The van der Waals surface area contributed by atoms with Gasteiger partial charge in [-0.15, -0.1) is 0 Å². The summed E-state index contributed by atoms with van der Waals surface area (Å²) in [6, 6.07) is 0. The molecule has 352 valence electrons. The Hall–Kier alpha value is -3.60. The van der Waals surface area contributed by atoms with Crippen LogP contribution in [0.25, 0.3) is 0 Å². The van der Waals surface area contributed by atoms with Crippen LogP contribution in [0.15, 0.2) is 0 Å². The maximum absolute atomic E-state index is 14.3. The van der Waals surface area contributed by atoms with Crippen LogP contribution in [-0.2, 0) is 57.2 Å². The first-order valence-electron chi connectivity index (χ1n) is 21.9. The highest BCUT2D eigenvalue weighted by Crippen LogP contribution is 2.61. The Labute approximate surface area is 358 Å². The molecule has 8 fully saturated rings. The van der Waals surface area contributed by atoms with E-state index in [0.29, 0.717) is 69.1 Å². The molecule has 0 heterocycles. The summed E-state index contributed by atoms with van der Waals surface area (Å²) in [5.74, 6) is -15.1. The van der Waals surface area contributed by atoms with Crippen molar-refractivity contribution in [2.45, 2.75) is 161 Å². The van der Waals surface area contributed by atoms with E-state index in [9.17, 15) is 55.1 Å². The van der Waals surface area contributed by atoms with Gasteiger partial charge in [0.25, 0.3) is 0 Å². The van der Waals surface area contributed by atoms with Gasteiger partial charge < -0.3 is 28.4 Å². The molecular formula is C44H62F6O12. The number of rotatable bonds is 18. The molecule has 8 bridgehead atoms. The number of esters is 6. The molecule has 0 atom stereocenters. The topological polar surface area (TPSA) is 158 Å². The van der Waals surface area contributed by atoms with Gasteiger partial charge in [0.1, 0.15) is 38.4 Å². The lowest BCUT2D eigenvalue weighted by molar-refractivity contribution is -0.271. The summed E-state index contributed by atoms with van der Waals surface area (Å²) in [5, 5.41) is 0. The molecule has 62 heavy (non-hydrogen) atoms. The molecule has 0 N–H and O–H groups in total. The average molecular weight is 897 g/mol. The molecule has 0 aromatic rings. The van der Waals surface area contributed by atoms with Gasteiger partial charge in [-0.05, 0) is 153 Å². The first-order valence-corrected chi connectivity index (χ1v) is 21.9. The Bertz CT molecular complexity index is 1620. The largest absolute Gasteiger partial charge is 0.462 e. The van der Waals surface area contributed by atoms with Gasteiger partial charge >= 0.3 is 53.8 Å². The van der Waals surface area contributed by atoms with E-state index in [1.807, 2.05) is 6.92 Å². The zero-order valence-corrected chi connectivity index (χ0v) is 36.6. The number of carbonyl (C=O) groups is 6. The van der Waals surface area contributed by atoms with Gasteiger partial charge in [-0.2, -0.15) is 26.3 Å². The summed E-state index contributed by atoms with van der Waals surface area (Å²) in [6.45, 7) is 8.12. The lowest BCUT2D eigenvalue weighted by atomic mass is 9.49. The third-order valence-corrected chi connectivity index (χ3v) is 14.2. The second kappa shape index (κ2) is 18.5. The van der Waals surface area contributed by atoms with Crippen LogP contribution in [0.1, 0.15) is 138 Å². The van der Waals surface area contributed by atoms with Crippen molar-refractivity contribution in [3.63, 3.8) is 0 Å². The first kappa shape index (κ1) is 49.4. The van der Waals surface area contributed by atoms with E-state index >= 15 is 0 Å². The minimum atomic E-state index is -4.59. The van der Waals surface area contributed by atoms with E-state index in [1.54, 1.807) is 34.6 Å². The van der Waals surface area contributed by atoms with Gasteiger partial charge in [0, 0.05) is 0 Å². The molecule has 8 saturated carbocycles. The molecule has 0 aromatic carbocycles. The lowest BCUT2D eigenvalue weighted by Gasteiger charge is -2.55. The number of carbonyl (C=O) groups excluding carboxylic acids is 6. The zero-order valence-electron chi connectivity index (χ0n) is 36.6. The summed E-state index contributed by atoms with van der Waals surface area (Å²) in [7, 11) is 0. The van der Waals surface area contributed by atoms with Crippen molar-refractivity contribution >= 4 is 35.8 Å². The standard InChI is InChI=1S/C23H32F4O6.C21H30F2O6/c1-4-20(2,3)17(28)31-5-6-32-19(30)22(24,25)13-23(26,27)33-18(29)21-10-14-7-15(11-21)9-16(8-14)12-21;1-4-19(2,3)16(24)27-5-6-28-17(25)21(22,23)18(26)29-20-10-13-7-14(11-20)9-15(8-13)12-20/h14-16H,4-13H2,1-3H3;13-15H,4-12H2,1-3H3. The zero-order chi connectivity index (χ0) is 46.1. The number of hydrogen-bond acceptors (Lipinski definition) is 12. The Balaban J connectivity index is 0.000000236. The summed E-state index contributed by atoms with van der Waals surface area (Å²) >= 11 is 0. The maximum atomic E-state index is 14.3. The second-order valence-corrected chi connectivity index (χ2v) is 20.2. The maximum Gasteiger partial charge on any atom is 0.437 e. The van der Waals surface area contributed by atoms with Gasteiger partial charge in [0.15, 0.2) is 0 Å². The SMILES string of the molecule is CCC(C)(C)C(=O)OCCOC(=O)C(F)(F)C(=O)OC12CC3CC(CC(C3)C1)C2.CCC(C)(C)C(=O)OCCOC(=O)C(F)(F)CC(F)(F)OC(=O)C12CC3CC(CC(C3)C1)C2. The monoisotopic (exact) mass is 896 g/mol. The van der Waals surface area contributed by atoms with Crippen LogP contribution in [-0.4, -0.2) is 85.8 Å². The Morgan fingerprint density at radius 2 is 0.839 bits per heavy atom. The minimum absolute atomic E-state index is 0.283. The molecule has 0 unspecified atom stereocenters. The quantitative estimate of drug-likeness (QED) is 0.0425. The van der Waals surface area contributed by atoms with Crippen LogP contribution in [0.3, 0.4) is 0 Å². The summed E-state index contributed by atoms with van der Waals surface area (Å²) < 4.78 is 113. The third kappa shape index (κ3) is 11.6. The predicted molar refractivity (Wildman–Crippen MR) is 205 cm³/mol. The molecule has 18 heteroatoms.